The number of nitrogens with one attached hydrogen (secondary N) is 1. The molecule has 3 nitrogen and oxygen atoms in total. The SMILES string of the molecule is Clc1ccc(OCCn2c3c(c4ccccc42)CCNCC3)cc1. The number of aromatic nitrogens is 1. The summed E-state index contributed by atoms with van der Waals surface area (Å²) in [6.07, 6.45) is 2.17. The van der Waals surface area contributed by atoms with Gasteiger partial charge in [-0.3, -0.25) is 0 Å². The molecule has 0 spiro atoms. The molecule has 0 fully saturated rings. The molecule has 0 saturated heterocycles. The van der Waals surface area contributed by atoms with Gasteiger partial charge in [-0.2, -0.15) is 0 Å². The van der Waals surface area contributed by atoms with E-state index in [-0.39, 0.29) is 0 Å². The number of nitrogens with zero attached hydrogens (tertiary/aromatic N) is 1. The van der Waals surface area contributed by atoms with Crippen LogP contribution in [0.5, 0.6) is 5.75 Å². The van der Waals surface area contributed by atoms with Gasteiger partial charge in [0.1, 0.15) is 12.4 Å². The molecule has 0 aliphatic carbocycles. The Morgan fingerprint density at radius 3 is 2.67 bits per heavy atom. The summed E-state index contributed by atoms with van der Waals surface area (Å²) in [7, 11) is 0. The molecule has 2 aromatic carbocycles. The smallest absolute Gasteiger partial charge is 0.119 e. The van der Waals surface area contributed by atoms with Crippen molar-refractivity contribution in [3.8, 4) is 5.75 Å². The van der Waals surface area contributed by atoms with Crippen molar-refractivity contribution in [1.82, 2.24) is 9.88 Å². The molecule has 2 heterocycles. The fourth-order valence-electron chi connectivity index (χ4n) is 3.58. The maximum atomic E-state index is 5.92. The minimum Gasteiger partial charge on any atom is -0.492 e. The number of fused-ring (bicyclic) bond motifs is 3. The monoisotopic (exact) mass is 340 g/mol. The van der Waals surface area contributed by atoms with E-state index in [0.29, 0.717) is 6.61 Å². The Morgan fingerprint density at radius 2 is 1.79 bits per heavy atom. The Balaban J connectivity index is 1.59. The first-order valence-electron chi connectivity index (χ1n) is 8.51. The van der Waals surface area contributed by atoms with Crippen molar-refractivity contribution in [3.63, 3.8) is 0 Å². The summed E-state index contributed by atoms with van der Waals surface area (Å²) < 4.78 is 8.35. The van der Waals surface area contributed by atoms with Gasteiger partial charge in [-0.25, -0.2) is 0 Å². The van der Waals surface area contributed by atoms with Crippen molar-refractivity contribution in [2.24, 2.45) is 0 Å². The van der Waals surface area contributed by atoms with Crippen molar-refractivity contribution in [2.45, 2.75) is 19.4 Å². The van der Waals surface area contributed by atoms with E-state index >= 15 is 0 Å². The lowest BCUT2D eigenvalue weighted by molar-refractivity contribution is 0.299. The summed E-state index contributed by atoms with van der Waals surface area (Å²) in [5.74, 6) is 0.864. The van der Waals surface area contributed by atoms with Gasteiger partial charge in [0, 0.05) is 34.6 Å². The van der Waals surface area contributed by atoms with Gasteiger partial charge in [-0.05, 0) is 48.9 Å². The fourth-order valence-corrected chi connectivity index (χ4v) is 3.70. The molecule has 4 heteroatoms. The first kappa shape index (κ1) is 15.6. The second-order valence-corrected chi connectivity index (χ2v) is 6.58. The highest BCUT2D eigenvalue weighted by Gasteiger charge is 2.18. The highest BCUT2D eigenvalue weighted by Crippen LogP contribution is 2.28. The predicted octanol–water partition coefficient (Wildman–Crippen LogP) is 4.06. The Hall–Kier alpha value is -1.97. The highest BCUT2D eigenvalue weighted by atomic mass is 35.5. The van der Waals surface area contributed by atoms with E-state index in [1.807, 2.05) is 24.3 Å². The van der Waals surface area contributed by atoms with Gasteiger partial charge < -0.3 is 14.6 Å². The molecule has 0 radical (unpaired) electrons. The molecule has 1 aliphatic rings. The summed E-state index contributed by atoms with van der Waals surface area (Å²) in [5.41, 5.74) is 4.28. The molecule has 1 N–H and O–H groups in total. The summed E-state index contributed by atoms with van der Waals surface area (Å²) in [6.45, 7) is 3.61. The van der Waals surface area contributed by atoms with Crippen LogP contribution >= 0.6 is 11.6 Å². The standard InChI is InChI=1S/C20H21ClN2O/c21-15-5-7-16(8-6-15)24-14-13-23-19-4-2-1-3-17(19)18-9-11-22-12-10-20(18)23/h1-8,22H,9-14H2. The van der Waals surface area contributed by atoms with E-state index in [4.69, 9.17) is 16.3 Å². The van der Waals surface area contributed by atoms with Crippen LogP contribution in [0.25, 0.3) is 10.9 Å². The zero-order valence-electron chi connectivity index (χ0n) is 13.6. The van der Waals surface area contributed by atoms with E-state index in [2.05, 4.69) is 34.1 Å². The Labute approximate surface area is 147 Å². The van der Waals surface area contributed by atoms with Crippen molar-refractivity contribution in [3.05, 3.63) is 64.8 Å². The molecular weight excluding hydrogens is 320 g/mol. The lowest BCUT2D eigenvalue weighted by Crippen LogP contribution is -2.17. The van der Waals surface area contributed by atoms with Gasteiger partial charge >= 0.3 is 0 Å². The average molecular weight is 341 g/mol. The van der Waals surface area contributed by atoms with Crippen LogP contribution in [0.2, 0.25) is 5.02 Å². The number of halogens is 1. The summed E-state index contributed by atoms with van der Waals surface area (Å²) in [6, 6.07) is 16.3. The molecule has 24 heavy (non-hydrogen) atoms. The summed E-state index contributed by atoms with van der Waals surface area (Å²) in [5, 5.41) is 5.63. The topological polar surface area (TPSA) is 26.2 Å². The van der Waals surface area contributed by atoms with E-state index in [0.717, 1.165) is 43.2 Å². The third kappa shape index (κ3) is 3.02. The lowest BCUT2D eigenvalue weighted by Gasteiger charge is -2.12. The fraction of sp³-hybridized carbons (Fsp3) is 0.300. The van der Waals surface area contributed by atoms with Crippen LogP contribution in [0.1, 0.15) is 11.3 Å². The Bertz CT molecular complexity index is 839. The summed E-state index contributed by atoms with van der Waals surface area (Å²) in [4.78, 5) is 0. The van der Waals surface area contributed by atoms with Crippen LogP contribution < -0.4 is 10.1 Å². The van der Waals surface area contributed by atoms with Gasteiger partial charge in [0.25, 0.3) is 0 Å². The number of benzene rings is 2. The third-order valence-electron chi connectivity index (χ3n) is 4.68. The number of ether oxygens (including phenoxy) is 1. The van der Waals surface area contributed by atoms with Crippen LogP contribution in [0.4, 0.5) is 0 Å². The van der Waals surface area contributed by atoms with E-state index < -0.39 is 0 Å². The van der Waals surface area contributed by atoms with Crippen molar-refractivity contribution < 1.29 is 4.74 Å². The first-order valence-corrected chi connectivity index (χ1v) is 8.89. The normalized spacial score (nSPS) is 14.4. The highest BCUT2D eigenvalue weighted by molar-refractivity contribution is 6.30. The molecule has 0 atom stereocenters. The number of para-hydroxylation sites is 1. The summed E-state index contributed by atoms with van der Waals surface area (Å²) >= 11 is 5.92. The van der Waals surface area contributed by atoms with Gasteiger partial charge in [0.05, 0.1) is 6.54 Å². The quantitative estimate of drug-likeness (QED) is 0.775. The molecule has 1 aliphatic heterocycles. The molecular formula is C20H21ClN2O. The zero-order valence-corrected chi connectivity index (χ0v) is 14.4. The molecule has 3 aromatic rings. The van der Waals surface area contributed by atoms with E-state index in [1.54, 1.807) is 0 Å². The van der Waals surface area contributed by atoms with Crippen LogP contribution in [-0.2, 0) is 19.4 Å². The van der Waals surface area contributed by atoms with E-state index in [9.17, 15) is 0 Å². The molecule has 124 valence electrons. The van der Waals surface area contributed by atoms with Crippen molar-refractivity contribution >= 4 is 22.5 Å². The largest absolute Gasteiger partial charge is 0.492 e. The first-order chi connectivity index (χ1) is 11.8. The molecule has 0 bridgehead atoms. The molecule has 1 aromatic heterocycles. The molecule has 0 unspecified atom stereocenters. The van der Waals surface area contributed by atoms with Crippen LogP contribution in [0.3, 0.4) is 0 Å². The lowest BCUT2D eigenvalue weighted by atomic mass is 10.1. The van der Waals surface area contributed by atoms with Crippen molar-refractivity contribution in [2.75, 3.05) is 19.7 Å². The van der Waals surface area contributed by atoms with Gasteiger partial charge in [-0.1, -0.05) is 29.8 Å². The Kier molecular flexibility index (Phi) is 4.46. The van der Waals surface area contributed by atoms with Gasteiger partial charge in [0.15, 0.2) is 0 Å². The molecule has 0 amide bonds. The van der Waals surface area contributed by atoms with Crippen LogP contribution in [0, 0.1) is 0 Å². The maximum absolute atomic E-state index is 5.92. The molecule has 4 rings (SSSR count). The minimum atomic E-state index is 0.653. The maximum Gasteiger partial charge on any atom is 0.119 e. The van der Waals surface area contributed by atoms with Gasteiger partial charge in [-0.15, -0.1) is 0 Å². The van der Waals surface area contributed by atoms with E-state index in [1.165, 1.54) is 22.2 Å². The second kappa shape index (κ2) is 6.88. The average Bonchev–Trinajstić information content (AvgIpc) is 2.76. The van der Waals surface area contributed by atoms with Crippen LogP contribution in [-0.4, -0.2) is 24.3 Å². The third-order valence-corrected chi connectivity index (χ3v) is 4.93. The second-order valence-electron chi connectivity index (χ2n) is 6.15. The minimum absolute atomic E-state index is 0.653. The van der Waals surface area contributed by atoms with Gasteiger partial charge in [0.2, 0.25) is 0 Å². The number of hydrogen-bond donors (Lipinski definition) is 1. The number of rotatable bonds is 4. The molecule has 0 saturated carbocycles. The zero-order chi connectivity index (χ0) is 16.4. The number of hydrogen-bond acceptors (Lipinski definition) is 2. The van der Waals surface area contributed by atoms with Crippen molar-refractivity contribution in [1.29, 1.82) is 0 Å². The van der Waals surface area contributed by atoms with Crippen LogP contribution in [0.15, 0.2) is 48.5 Å². The Morgan fingerprint density at radius 1 is 1.00 bits per heavy atom. The predicted molar refractivity (Wildman–Crippen MR) is 99.2 cm³/mol.